The minimum atomic E-state index is 0.969. The summed E-state index contributed by atoms with van der Waals surface area (Å²) in [7, 11) is 0. The molecule has 0 saturated heterocycles. The number of aromatic nitrogens is 1. The third-order valence-corrected chi connectivity index (χ3v) is 2.68. The highest BCUT2D eigenvalue weighted by Crippen LogP contribution is 2.29. The summed E-state index contributed by atoms with van der Waals surface area (Å²) in [5, 5.41) is 2.11. The van der Waals surface area contributed by atoms with Crippen LogP contribution in [0.15, 0.2) is 17.1 Å². The second kappa shape index (κ2) is 3.05. The molecule has 2 nitrogen and oxygen atoms in total. The Morgan fingerprint density at radius 2 is 2.50 bits per heavy atom. The van der Waals surface area contributed by atoms with Gasteiger partial charge in [0.15, 0.2) is 5.00 Å². The van der Waals surface area contributed by atoms with Crippen molar-refractivity contribution in [3.8, 4) is 0 Å². The van der Waals surface area contributed by atoms with E-state index in [-0.39, 0.29) is 0 Å². The Hall–Kier alpha value is -1.18. The van der Waals surface area contributed by atoms with Crippen molar-refractivity contribution in [3.63, 3.8) is 0 Å². The first-order valence-corrected chi connectivity index (χ1v) is 4.67. The van der Waals surface area contributed by atoms with E-state index < -0.39 is 0 Å². The van der Waals surface area contributed by atoms with Gasteiger partial charge in [0.1, 0.15) is 5.69 Å². The Bertz CT molecular complexity index is 381. The number of thiazole rings is 1. The SMILES string of the molecule is CCc1nc2c(s1)N=C=CC=C2. The van der Waals surface area contributed by atoms with Gasteiger partial charge in [-0.1, -0.05) is 24.3 Å². The van der Waals surface area contributed by atoms with Gasteiger partial charge in [0, 0.05) is 0 Å². The highest BCUT2D eigenvalue weighted by atomic mass is 32.1. The molecule has 1 aromatic rings. The molecule has 0 atom stereocenters. The molecule has 0 spiro atoms. The number of allylic oxidation sites excluding steroid dienone is 2. The number of rotatable bonds is 1. The van der Waals surface area contributed by atoms with Crippen molar-refractivity contribution >= 4 is 28.3 Å². The normalized spacial score (nSPS) is 13.1. The van der Waals surface area contributed by atoms with Gasteiger partial charge in [0.2, 0.25) is 0 Å². The lowest BCUT2D eigenvalue weighted by molar-refractivity contribution is 1.09. The van der Waals surface area contributed by atoms with Crippen LogP contribution < -0.4 is 0 Å². The molecule has 2 heterocycles. The molecule has 0 aromatic carbocycles. The van der Waals surface area contributed by atoms with Crippen molar-refractivity contribution in [3.05, 3.63) is 22.9 Å². The molecule has 0 saturated carbocycles. The fraction of sp³-hybridized carbons (Fsp3) is 0.222. The summed E-state index contributed by atoms with van der Waals surface area (Å²) in [6.07, 6.45) is 6.65. The van der Waals surface area contributed by atoms with Crippen LogP contribution >= 0.6 is 11.3 Å². The average molecular weight is 176 g/mol. The topological polar surface area (TPSA) is 25.2 Å². The molecule has 0 amide bonds. The maximum atomic E-state index is 4.41. The minimum absolute atomic E-state index is 0.969. The lowest BCUT2D eigenvalue weighted by Gasteiger charge is -1.82. The van der Waals surface area contributed by atoms with E-state index in [1.54, 1.807) is 17.4 Å². The van der Waals surface area contributed by atoms with Crippen LogP contribution in [0.1, 0.15) is 17.6 Å². The fourth-order valence-electron chi connectivity index (χ4n) is 0.987. The Kier molecular flexibility index (Phi) is 1.90. The molecule has 0 unspecified atom stereocenters. The van der Waals surface area contributed by atoms with Gasteiger partial charge >= 0.3 is 0 Å². The Morgan fingerprint density at radius 3 is 3.33 bits per heavy atom. The zero-order chi connectivity index (χ0) is 8.39. The van der Waals surface area contributed by atoms with Gasteiger partial charge in [-0.2, -0.15) is 4.99 Å². The van der Waals surface area contributed by atoms with Crippen LogP contribution in [0.3, 0.4) is 0 Å². The van der Waals surface area contributed by atoms with Gasteiger partial charge < -0.3 is 0 Å². The largest absolute Gasteiger partial charge is 0.239 e. The molecule has 1 aliphatic heterocycles. The Labute approximate surface area is 75.0 Å². The molecule has 60 valence electrons. The molecule has 1 aliphatic rings. The lowest BCUT2D eigenvalue weighted by atomic mass is 10.4. The monoisotopic (exact) mass is 176 g/mol. The van der Waals surface area contributed by atoms with Crippen molar-refractivity contribution < 1.29 is 0 Å². The van der Waals surface area contributed by atoms with Gasteiger partial charge in [-0.05, 0) is 24.4 Å². The van der Waals surface area contributed by atoms with Crippen molar-refractivity contribution in [1.29, 1.82) is 0 Å². The van der Waals surface area contributed by atoms with E-state index in [0.717, 1.165) is 22.1 Å². The Morgan fingerprint density at radius 1 is 1.58 bits per heavy atom. The van der Waals surface area contributed by atoms with E-state index in [1.807, 2.05) is 12.2 Å². The first-order valence-electron chi connectivity index (χ1n) is 3.86. The third-order valence-electron chi connectivity index (χ3n) is 1.57. The Balaban J connectivity index is 2.54. The first-order chi connectivity index (χ1) is 5.90. The second-order valence-electron chi connectivity index (χ2n) is 2.42. The van der Waals surface area contributed by atoms with Crippen LogP contribution in [0.5, 0.6) is 0 Å². The number of hydrogen-bond donors (Lipinski definition) is 0. The van der Waals surface area contributed by atoms with Gasteiger partial charge in [-0.3, -0.25) is 0 Å². The van der Waals surface area contributed by atoms with Crippen LogP contribution in [0.25, 0.3) is 6.08 Å². The fourth-order valence-corrected chi connectivity index (χ4v) is 1.82. The quantitative estimate of drug-likeness (QED) is 0.645. The molecule has 0 fully saturated rings. The van der Waals surface area contributed by atoms with Gasteiger partial charge in [-0.25, -0.2) is 4.98 Å². The predicted molar refractivity (Wildman–Crippen MR) is 52.2 cm³/mol. The van der Waals surface area contributed by atoms with Crippen LogP contribution in [-0.2, 0) is 6.42 Å². The van der Waals surface area contributed by atoms with Crippen molar-refractivity contribution in [2.45, 2.75) is 13.3 Å². The van der Waals surface area contributed by atoms with E-state index in [0.29, 0.717) is 0 Å². The van der Waals surface area contributed by atoms with E-state index in [1.165, 1.54) is 0 Å². The minimum Gasteiger partial charge on any atom is -0.239 e. The van der Waals surface area contributed by atoms with Crippen LogP contribution in [-0.4, -0.2) is 10.9 Å². The van der Waals surface area contributed by atoms with E-state index in [9.17, 15) is 0 Å². The van der Waals surface area contributed by atoms with Gasteiger partial charge in [0.25, 0.3) is 0 Å². The summed E-state index contributed by atoms with van der Waals surface area (Å²) in [5.41, 5.74) is 0.970. The van der Waals surface area contributed by atoms with Crippen LogP contribution in [0, 0.1) is 0 Å². The summed E-state index contributed by atoms with van der Waals surface area (Å²) >= 11 is 1.64. The number of nitrogens with zero attached hydrogens (tertiary/aromatic N) is 2. The summed E-state index contributed by atoms with van der Waals surface area (Å²) in [5.74, 6) is 2.82. The average Bonchev–Trinajstić information content (AvgIpc) is 2.37. The third kappa shape index (κ3) is 1.24. The maximum Gasteiger partial charge on any atom is 0.153 e. The predicted octanol–water partition coefficient (Wildman–Crippen LogP) is 2.59. The number of aryl methyl sites for hydroxylation is 1. The molecule has 0 aliphatic carbocycles. The molecule has 2 rings (SSSR count). The summed E-state index contributed by atoms with van der Waals surface area (Å²) in [6.45, 7) is 2.10. The first kappa shape index (κ1) is 7.47. The zero-order valence-corrected chi connectivity index (χ0v) is 7.56. The smallest absolute Gasteiger partial charge is 0.153 e. The molecular weight excluding hydrogens is 168 g/mol. The van der Waals surface area contributed by atoms with Crippen molar-refractivity contribution in [1.82, 2.24) is 4.98 Å². The van der Waals surface area contributed by atoms with Crippen LogP contribution in [0.2, 0.25) is 0 Å². The van der Waals surface area contributed by atoms with E-state index in [2.05, 4.69) is 22.8 Å². The van der Waals surface area contributed by atoms with Crippen molar-refractivity contribution in [2.75, 3.05) is 0 Å². The molecule has 1 aromatic heterocycles. The number of hydrogen-bond acceptors (Lipinski definition) is 3. The summed E-state index contributed by atoms with van der Waals surface area (Å²) < 4.78 is 0. The molecule has 3 heteroatoms. The second-order valence-corrected chi connectivity index (χ2v) is 3.48. The molecular formula is C9H8N2S. The summed E-state index contributed by atoms with van der Waals surface area (Å²) in [4.78, 5) is 8.55. The van der Waals surface area contributed by atoms with Crippen molar-refractivity contribution in [2.24, 2.45) is 4.99 Å². The maximum absolute atomic E-state index is 4.41. The van der Waals surface area contributed by atoms with E-state index >= 15 is 0 Å². The molecule has 0 radical (unpaired) electrons. The molecule has 12 heavy (non-hydrogen) atoms. The molecule has 0 N–H and O–H groups in total. The number of aliphatic imine (C=N–C) groups is 1. The van der Waals surface area contributed by atoms with Crippen LogP contribution in [0.4, 0.5) is 5.00 Å². The summed E-state index contributed by atoms with van der Waals surface area (Å²) in [6, 6.07) is 0. The highest BCUT2D eigenvalue weighted by molar-refractivity contribution is 7.15. The van der Waals surface area contributed by atoms with E-state index in [4.69, 9.17) is 0 Å². The highest BCUT2D eigenvalue weighted by Gasteiger charge is 2.06. The lowest BCUT2D eigenvalue weighted by Crippen LogP contribution is -1.76. The van der Waals surface area contributed by atoms with Gasteiger partial charge in [0.05, 0.1) is 5.01 Å². The van der Waals surface area contributed by atoms with Gasteiger partial charge in [-0.15, -0.1) is 0 Å². The standard InChI is InChI=1S/C9H8N2S/c1-2-8-11-7-5-3-4-6-10-9(7)12-8/h3-5H,2H2,1H3. The zero-order valence-electron chi connectivity index (χ0n) is 6.74. The number of fused-ring (bicyclic) bond motifs is 1. The molecule has 0 bridgehead atoms.